The Bertz CT molecular complexity index is 1450. The van der Waals surface area contributed by atoms with Gasteiger partial charge in [0.05, 0.1) is 30.0 Å². The molecule has 1 heterocycles. The van der Waals surface area contributed by atoms with E-state index in [-0.39, 0.29) is 22.8 Å². The van der Waals surface area contributed by atoms with Crippen LogP contribution in [0.15, 0.2) is 71.5 Å². The molecule has 0 aliphatic heterocycles. The highest BCUT2D eigenvalue weighted by Crippen LogP contribution is 2.28. The molecule has 0 unspecified atom stereocenters. The molecule has 166 valence electrons. The van der Waals surface area contributed by atoms with Crippen molar-refractivity contribution in [3.05, 3.63) is 92.8 Å². The maximum atomic E-state index is 13.3. The average molecular weight is 446 g/mol. The van der Waals surface area contributed by atoms with Gasteiger partial charge in [-0.1, -0.05) is 24.3 Å². The standard InChI is InChI=1S/C23H18N4O6/c1-32-16-7-5-6-14(12-16)21-24-18-9-4-3-8-17(18)23(29)26(21)25-22(28)15-10-11-20(33-2)19(13-15)27(30)31/h3-13H,1-2H3,(H,25,28). The Morgan fingerprint density at radius 1 is 1.03 bits per heavy atom. The molecular formula is C23H18N4O6. The number of methoxy groups -OCH3 is 2. The number of para-hydroxylation sites is 1. The van der Waals surface area contributed by atoms with E-state index in [1.54, 1.807) is 48.5 Å². The first kappa shape index (κ1) is 21.5. The minimum absolute atomic E-state index is 0.0122. The normalized spacial score (nSPS) is 10.6. The zero-order valence-corrected chi connectivity index (χ0v) is 17.6. The first-order chi connectivity index (χ1) is 15.9. The van der Waals surface area contributed by atoms with Crippen LogP contribution >= 0.6 is 0 Å². The van der Waals surface area contributed by atoms with E-state index in [0.29, 0.717) is 22.2 Å². The molecule has 1 aromatic heterocycles. The Hall–Kier alpha value is -4.73. The smallest absolute Gasteiger partial charge is 0.311 e. The van der Waals surface area contributed by atoms with Gasteiger partial charge in [-0.05, 0) is 36.4 Å². The van der Waals surface area contributed by atoms with Gasteiger partial charge in [0.15, 0.2) is 11.6 Å². The Morgan fingerprint density at radius 2 is 1.82 bits per heavy atom. The number of benzene rings is 3. The number of amides is 1. The molecule has 4 rings (SSSR count). The van der Waals surface area contributed by atoms with Gasteiger partial charge in [0, 0.05) is 17.2 Å². The summed E-state index contributed by atoms with van der Waals surface area (Å²) < 4.78 is 11.3. The summed E-state index contributed by atoms with van der Waals surface area (Å²) in [6, 6.07) is 17.4. The van der Waals surface area contributed by atoms with Crippen molar-refractivity contribution in [3.63, 3.8) is 0 Å². The summed E-state index contributed by atoms with van der Waals surface area (Å²) in [5.74, 6) is -0.00485. The predicted octanol–water partition coefficient (Wildman–Crippen LogP) is 3.37. The highest BCUT2D eigenvalue weighted by atomic mass is 16.6. The highest BCUT2D eigenvalue weighted by Gasteiger charge is 2.20. The van der Waals surface area contributed by atoms with Crippen molar-refractivity contribution >= 4 is 22.5 Å². The van der Waals surface area contributed by atoms with Crippen LogP contribution in [0.4, 0.5) is 5.69 Å². The number of nitrogens with one attached hydrogen (secondary N) is 1. The monoisotopic (exact) mass is 446 g/mol. The molecule has 33 heavy (non-hydrogen) atoms. The molecule has 0 atom stereocenters. The van der Waals surface area contributed by atoms with Crippen LogP contribution in [0, 0.1) is 10.1 Å². The lowest BCUT2D eigenvalue weighted by Crippen LogP contribution is -2.35. The van der Waals surface area contributed by atoms with Gasteiger partial charge in [-0.3, -0.25) is 25.1 Å². The van der Waals surface area contributed by atoms with Gasteiger partial charge < -0.3 is 9.47 Å². The molecule has 4 aromatic rings. The summed E-state index contributed by atoms with van der Waals surface area (Å²) in [6.07, 6.45) is 0. The topological polar surface area (TPSA) is 126 Å². The van der Waals surface area contributed by atoms with E-state index in [2.05, 4.69) is 10.4 Å². The Morgan fingerprint density at radius 3 is 2.55 bits per heavy atom. The lowest BCUT2D eigenvalue weighted by atomic mass is 10.1. The fourth-order valence-corrected chi connectivity index (χ4v) is 3.33. The summed E-state index contributed by atoms with van der Waals surface area (Å²) >= 11 is 0. The second-order valence-corrected chi connectivity index (χ2v) is 6.91. The van der Waals surface area contributed by atoms with E-state index >= 15 is 0 Å². The van der Waals surface area contributed by atoms with Gasteiger partial charge in [0.25, 0.3) is 11.5 Å². The number of carbonyl (C=O) groups excluding carboxylic acids is 1. The van der Waals surface area contributed by atoms with Crippen LogP contribution in [0.1, 0.15) is 10.4 Å². The zero-order valence-electron chi connectivity index (χ0n) is 17.6. The minimum atomic E-state index is -0.732. The maximum absolute atomic E-state index is 13.3. The Kier molecular flexibility index (Phi) is 5.73. The van der Waals surface area contributed by atoms with Gasteiger partial charge in [0.2, 0.25) is 0 Å². The van der Waals surface area contributed by atoms with Crippen molar-refractivity contribution in [2.75, 3.05) is 19.6 Å². The fourth-order valence-electron chi connectivity index (χ4n) is 3.33. The number of nitro benzene ring substituents is 1. The Labute approximate surface area is 187 Å². The van der Waals surface area contributed by atoms with Crippen molar-refractivity contribution in [1.82, 2.24) is 9.66 Å². The molecule has 0 radical (unpaired) electrons. The molecule has 0 aliphatic carbocycles. The SMILES string of the molecule is COc1cccc(-c2nc3ccccc3c(=O)n2NC(=O)c2ccc(OC)c([N+](=O)[O-])c2)c1. The van der Waals surface area contributed by atoms with Crippen LogP contribution in [-0.4, -0.2) is 34.7 Å². The van der Waals surface area contributed by atoms with E-state index in [4.69, 9.17) is 9.47 Å². The summed E-state index contributed by atoms with van der Waals surface area (Å²) in [5.41, 5.74) is 2.59. The molecule has 3 aromatic carbocycles. The second-order valence-electron chi connectivity index (χ2n) is 6.91. The molecule has 10 heteroatoms. The zero-order chi connectivity index (χ0) is 23.5. The van der Waals surface area contributed by atoms with Crippen LogP contribution in [0.3, 0.4) is 0 Å². The number of nitro groups is 1. The van der Waals surface area contributed by atoms with Crippen LogP contribution in [0.2, 0.25) is 0 Å². The molecule has 0 aliphatic rings. The number of aromatic nitrogens is 2. The van der Waals surface area contributed by atoms with Crippen LogP contribution in [0.25, 0.3) is 22.3 Å². The van der Waals surface area contributed by atoms with E-state index in [1.165, 1.54) is 26.4 Å². The van der Waals surface area contributed by atoms with Gasteiger partial charge in [-0.25, -0.2) is 4.98 Å². The molecule has 10 nitrogen and oxygen atoms in total. The van der Waals surface area contributed by atoms with E-state index in [9.17, 15) is 19.7 Å². The van der Waals surface area contributed by atoms with E-state index in [0.717, 1.165) is 10.7 Å². The van der Waals surface area contributed by atoms with Crippen molar-refractivity contribution in [3.8, 4) is 22.9 Å². The van der Waals surface area contributed by atoms with Gasteiger partial charge >= 0.3 is 5.69 Å². The molecule has 0 spiro atoms. The quantitative estimate of drug-likeness (QED) is 0.355. The number of fused-ring (bicyclic) bond motifs is 1. The third-order valence-electron chi connectivity index (χ3n) is 4.95. The van der Waals surface area contributed by atoms with Crippen LogP contribution in [0.5, 0.6) is 11.5 Å². The number of hydrogen-bond acceptors (Lipinski definition) is 7. The van der Waals surface area contributed by atoms with Crippen molar-refractivity contribution in [1.29, 1.82) is 0 Å². The summed E-state index contributed by atoms with van der Waals surface area (Å²) in [7, 11) is 2.81. The van der Waals surface area contributed by atoms with E-state index < -0.39 is 16.4 Å². The molecule has 0 fully saturated rings. The predicted molar refractivity (Wildman–Crippen MR) is 121 cm³/mol. The number of nitrogens with zero attached hydrogens (tertiary/aromatic N) is 3. The number of hydrogen-bond donors (Lipinski definition) is 1. The lowest BCUT2D eigenvalue weighted by Gasteiger charge is -2.15. The summed E-state index contributed by atoms with van der Waals surface area (Å²) in [6.45, 7) is 0. The number of ether oxygens (including phenoxy) is 2. The number of carbonyl (C=O) groups is 1. The molecule has 0 saturated heterocycles. The molecule has 0 saturated carbocycles. The van der Waals surface area contributed by atoms with Crippen LogP contribution in [-0.2, 0) is 0 Å². The van der Waals surface area contributed by atoms with Crippen molar-refractivity contribution in [2.45, 2.75) is 0 Å². The first-order valence-corrected chi connectivity index (χ1v) is 9.73. The van der Waals surface area contributed by atoms with Crippen molar-refractivity contribution < 1.29 is 19.2 Å². The minimum Gasteiger partial charge on any atom is -0.497 e. The Balaban J connectivity index is 1.85. The van der Waals surface area contributed by atoms with E-state index in [1.807, 2.05) is 0 Å². The van der Waals surface area contributed by atoms with Gasteiger partial charge in [-0.2, -0.15) is 4.68 Å². The summed E-state index contributed by atoms with van der Waals surface area (Å²) in [5, 5.41) is 11.6. The first-order valence-electron chi connectivity index (χ1n) is 9.73. The highest BCUT2D eigenvalue weighted by molar-refractivity contribution is 6.01. The fraction of sp³-hybridized carbons (Fsp3) is 0.0870. The molecular weight excluding hydrogens is 428 g/mol. The lowest BCUT2D eigenvalue weighted by molar-refractivity contribution is -0.385. The third kappa shape index (κ3) is 4.09. The second kappa shape index (κ2) is 8.79. The maximum Gasteiger partial charge on any atom is 0.311 e. The van der Waals surface area contributed by atoms with Gasteiger partial charge in [-0.15, -0.1) is 0 Å². The number of rotatable bonds is 6. The third-order valence-corrected chi connectivity index (χ3v) is 4.95. The summed E-state index contributed by atoms with van der Waals surface area (Å²) in [4.78, 5) is 41.5. The molecule has 1 amide bonds. The molecule has 0 bridgehead atoms. The molecule has 1 N–H and O–H groups in total. The average Bonchev–Trinajstić information content (AvgIpc) is 2.85. The van der Waals surface area contributed by atoms with Crippen molar-refractivity contribution in [2.24, 2.45) is 0 Å². The largest absolute Gasteiger partial charge is 0.497 e. The van der Waals surface area contributed by atoms with Gasteiger partial charge in [0.1, 0.15) is 5.75 Å². The van der Waals surface area contributed by atoms with Crippen LogP contribution < -0.4 is 20.5 Å².